The number of piperidine rings is 2. The van der Waals surface area contributed by atoms with Crippen LogP contribution < -0.4 is 10.6 Å². The van der Waals surface area contributed by atoms with Gasteiger partial charge < -0.3 is 10.6 Å². The van der Waals surface area contributed by atoms with Crippen LogP contribution in [0, 0.1) is 5.92 Å². The topological polar surface area (TPSA) is 77.0 Å². The molecule has 7 nitrogen and oxygen atoms in total. The van der Waals surface area contributed by atoms with E-state index >= 15 is 0 Å². The number of rotatable bonds is 7. The third-order valence-electron chi connectivity index (χ3n) is 5.99. The Morgan fingerprint density at radius 1 is 1.13 bits per heavy atom. The zero-order chi connectivity index (χ0) is 21.4. The molecule has 2 saturated heterocycles. The molecule has 0 aliphatic carbocycles. The molecule has 2 aliphatic heterocycles. The number of nitrogens with zero attached hydrogens (tertiary/aromatic N) is 3. The lowest BCUT2D eigenvalue weighted by molar-refractivity contribution is 0.192. The second-order valence-electron chi connectivity index (χ2n) is 8.53. The van der Waals surface area contributed by atoms with Crippen LogP contribution in [0.2, 0.25) is 0 Å². The van der Waals surface area contributed by atoms with Crippen LogP contribution in [0.15, 0.2) is 35.3 Å². The Morgan fingerprint density at radius 2 is 1.87 bits per heavy atom. The predicted molar refractivity (Wildman–Crippen MR) is 123 cm³/mol. The summed E-state index contributed by atoms with van der Waals surface area (Å²) in [5.74, 6) is 1.33. The Balaban J connectivity index is 1.49. The maximum atomic E-state index is 11.7. The molecule has 30 heavy (non-hydrogen) atoms. The number of benzene rings is 1. The highest BCUT2D eigenvalue weighted by molar-refractivity contribution is 7.88. The Bertz CT molecular complexity index is 776. The van der Waals surface area contributed by atoms with E-state index in [1.165, 1.54) is 18.2 Å². The summed E-state index contributed by atoms with van der Waals surface area (Å²) in [6, 6.07) is 11.0. The normalized spacial score (nSPS) is 22.7. The molecule has 2 aliphatic rings. The minimum Gasteiger partial charge on any atom is -0.357 e. The van der Waals surface area contributed by atoms with Crippen molar-refractivity contribution in [3.63, 3.8) is 0 Å². The molecule has 0 spiro atoms. The first-order valence-electron chi connectivity index (χ1n) is 11.2. The average molecular weight is 436 g/mol. The molecule has 2 N–H and O–H groups in total. The molecule has 0 aromatic heterocycles. The first-order chi connectivity index (χ1) is 14.4. The SMILES string of the molecule is CCNC(=NCC1CCN(S(C)(=O)=O)CC1)NC1CCCN(Cc2ccccc2)C1. The van der Waals surface area contributed by atoms with Gasteiger partial charge in [-0.3, -0.25) is 9.89 Å². The van der Waals surface area contributed by atoms with Gasteiger partial charge in [-0.25, -0.2) is 12.7 Å². The minimum atomic E-state index is -3.07. The van der Waals surface area contributed by atoms with Gasteiger partial charge in [-0.15, -0.1) is 0 Å². The van der Waals surface area contributed by atoms with E-state index < -0.39 is 10.0 Å². The second kappa shape index (κ2) is 11.1. The molecule has 2 fully saturated rings. The van der Waals surface area contributed by atoms with Crippen LogP contribution in [0.3, 0.4) is 0 Å². The Hall–Kier alpha value is -1.64. The third kappa shape index (κ3) is 7.25. The lowest BCUT2D eigenvalue weighted by atomic mass is 9.98. The van der Waals surface area contributed by atoms with Gasteiger partial charge in [-0.1, -0.05) is 30.3 Å². The predicted octanol–water partition coefficient (Wildman–Crippen LogP) is 1.88. The summed E-state index contributed by atoms with van der Waals surface area (Å²) < 4.78 is 24.9. The van der Waals surface area contributed by atoms with Gasteiger partial charge in [0.1, 0.15) is 0 Å². The number of hydrogen-bond acceptors (Lipinski definition) is 4. The van der Waals surface area contributed by atoms with Crippen molar-refractivity contribution < 1.29 is 8.42 Å². The lowest BCUT2D eigenvalue weighted by Crippen LogP contribution is -2.51. The van der Waals surface area contributed by atoms with Crippen molar-refractivity contribution in [3.05, 3.63) is 35.9 Å². The quantitative estimate of drug-likeness (QED) is 0.505. The fourth-order valence-electron chi connectivity index (χ4n) is 4.32. The standard InChI is InChI=1S/C22H37N5O2S/c1-3-23-22(24-16-19-11-14-27(15-12-19)30(2,28)29)25-21-10-7-13-26(18-21)17-20-8-5-4-6-9-20/h4-6,8-9,19,21H,3,7,10-18H2,1-2H3,(H2,23,24,25). The summed E-state index contributed by atoms with van der Waals surface area (Å²) in [5.41, 5.74) is 1.36. The van der Waals surface area contributed by atoms with Crippen molar-refractivity contribution in [1.29, 1.82) is 0 Å². The van der Waals surface area contributed by atoms with Crippen LogP contribution in [0.4, 0.5) is 0 Å². The molecule has 1 aromatic rings. The molecule has 0 radical (unpaired) electrons. The van der Waals surface area contributed by atoms with E-state index in [1.54, 1.807) is 4.31 Å². The maximum Gasteiger partial charge on any atom is 0.211 e. The van der Waals surface area contributed by atoms with E-state index in [1.807, 2.05) is 0 Å². The molecule has 0 saturated carbocycles. The van der Waals surface area contributed by atoms with Crippen LogP contribution in [-0.4, -0.2) is 75.1 Å². The number of hydrogen-bond donors (Lipinski definition) is 2. The van der Waals surface area contributed by atoms with Gasteiger partial charge >= 0.3 is 0 Å². The van der Waals surface area contributed by atoms with Gasteiger partial charge in [0.15, 0.2) is 5.96 Å². The van der Waals surface area contributed by atoms with Crippen LogP contribution >= 0.6 is 0 Å². The van der Waals surface area contributed by atoms with Gasteiger partial charge in [-0.05, 0) is 50.6 Å². The number of aliphatic imine (C=N–C) groups is 1. The van der Waals surface area contributed by atoms with Crippen molar-refractivity contribution in [2.24, 2.45) is 10.9 Å². The summed E-state index contributed by atoms with van der Waals surface area (Å²) in [6.45, 7) is 8.04. The highest BCUT2D eigenvalue weighted by Gasteiger charge is 2.25. The fraction of sp³-hybridized carbons (Fsp3) is 0.682. The zero-order valence-corrected chi connectivity index (χ0v) is 19.2. The van der Waals surface area contributed by atoms with Crippen molar-refractivity contribution >= 4 is 16.0 Å². The van der Waals surface area contributed by atoms with E-state index in [9.17, 15) is 8.42 Å². The fourth-order valence-corrected chi connectivity index (χ4v) is 5.19. The molecule has 1 aromatic carbocycles. The lowest BCUT2D eigenvalue weighted by Gasteiger charge is -2.34. The molecule has 0 bridgehead atoms. The van der Waals surface area contributed by atoms with E-state index in [4.69, 9.17) is 4.99 Å². The molecule has 0 amide bonds. The Kier molecular flexibility index (Phi) is 8.53. The van der Waals surface area contributed by atoms with Crippen molar-refractivity contribution in [2.45, 2.75) is 45.2 Å². The summed E-state index contributed by atoms with van der Waals surface area (Å²) in [4.78, 5) is 7.35. The highest BCUT2D eigenvalue weighted by Crippen LogP contribution is 2.19. The number of guanidine groups is 1. The van der Waals surface area contributed by atoms with Gasteiger partial charge in [0.05, 0.1) is 6.26 Å². The highest BCUT2D eigenvalue weighted by atomic mass is 32.2. The molecule has 2 heterocycles. The molecular weight excluding hydrogens is 398 g/mol. The molecular formula is C22H37N5O2S. The number of sulfonamides is 1. The smallest absolute Gasteiger partial charge is 0.211 e. The Labute approximate surface area is 182 Å². The van der Waals surface area contributed by atoms with Crippen molar-refractivity contribution in [2.75, 3.05) is 45.5 Å². The Morgan fingerprint density at radius 3 is 2.53 bits per heavy atom. The van der Waals surface area contributed by atoms with Crippen LogP contribution in [-0.2, 0) is 16.6 Å². The minimum absolute atomic E-state index is 0.396. The average Bonchev–Trinajstić information content (AvgIpc) is 2.73. The first kappa shape index (κ1) is 23.0. The van der Waals surface area contributed by atoms with E-state index in [0.717, 1.165) is 57.9 Å². The molecule has 168 valence electrons. The summed E-state index contributed by atoms with van der Waals surface area (Å²) >= 11 is 0. The zero-order valence-electron chi connectivity index (χ0n) is 18.4. The molecule has 3 rings (SSSR count). The van der Waals surface area contributed by atoms with E-state index in [0.29, 0.717) is 25.0 Å². The second-order valence-corrected chi connectivity index (χ2v) is 10.5. The summed E-state index contributed by atoms with van der Waals surface area (Å²) in [6.07, 6.45) is 5.40. The van der Waals surface area contributed by atoms with Crippen LogP contribution in [0.1, 0.15) is 38.2 Å². The van der Waals surface area contributed by atoms with Crippen LogP contribution in [0.25, 0.3) is 0 Å². The molecule has 8 heteroatoms. The molecule has 1 unspecified atom stereocenters. The van der Waals surface area contributed by atoms with Gasteiger partial charge in [-0.2, -0.15) is 0 Å². The summed E-state index contributed by atoms with van der Waals surface area (Å²) in [5, 5.41) is 7.02. The van der Waals surface area contributed by atoms with Crippen molar-refractivity contribution in [1.82, 2.24) is 19.8 Å². The largest absolute Gasteiger partial charge is 0.357 e. The van der Waals surface area contributed by atoms with Crippen molar-refractivity contribution in [3.8, 4) is 0 Å². The first-order valence-corrected chi connectivity index (χ1v) is 13.0. The number of likely N-dealkylation sites (tertiary alicyclic amines) is 1. The van der Waals surface area contributed by atoms with Gasteiger partial charge in [0.25, 0.3) is 0 Å². The van der Waals surface area contributed by atoms with Crippen LogP contribution in [0.5, 0.6) is 0 Å². The molecule has 1 atom stereocenters. The van der Waals surface area contributed by atoms with E-state index in [-0.39, 0.29) is 0 Å². The monoisotopic (exact) mass is 435 g/mol. The van der Waals surface area contributed by atoms with Gasteiger partial charge in [0, 0.05) is 45.3 Å². The van der Waals surface area contributed by atoms with Gasteiger partial charge in [0.2, 0.25) is 10.0 Å². The maximum absolute atomic E-state index is 11.7. The summed E-state index contributed by atoms with van der Waals surface area (Å²) in [7, 11) is -3.07. The van der Waals surface area contributed by atoms with E-state index in [2.05, 4.69) is 52.8 Å². The number of nitrogens with one attached hydrogen (secondary N) is 2. The third-order valence-corrected chi connectivity index (χ3v) is 7.29.